The Morgan fingerprint density at radius 3 is 0.960 bits per heavy atom. The van der Waals surface area contributed by atoms with E-state index in [1.54, 1.807) is 0 Å². The number of allylic oxidation sites excluding steroid dienone is 4. The Morgan fingerprint density at radius 1 is 0.720 bits per heavy atom. The quantitative estimate of drug-likeness (QED) is 0.371. The third kappa shape index (κ3) is 83.0. The number of hydrogen-bond acceptors (Lipinski definition) is 6. The molecular formula is C18H36O6Zr. The molecule has 0 amide bonds. The Balaban J connectivity index is -0.0000000711. The zero-order valence-electron chi connectivity index (χ0n) is 16.5. The van der Waals surface area contributed by atoms with Crippen LogP contribution in [0.15, 0.2) is 23.7 Å². The predicted molar refractivity (Wildman–Crippen MR) is 98.1 cm³/mol. The first-order valence-corrected chi connectivity index (χ1v) is 8.06. The summed E-state index contributed by atoms with van der Waals surface area (Å²) in [5.74, 6) is -0.125. The van der Waals surface area contributed by atoms with E-state index in [0.717, 1.165) is 25.7 Å². The Morgan fingerprint density at radius 2 is 0.960 bits per heavy atom. The van der Waals surface area contributed by atoms with Crippen LogP contribution >= 0.6 is 0 Å². The van der Waals surface area contributed by atoms with Gasteiger partial charge in [-0.15, -0.1) is 0 Å². The summed E-state index contributed by atoms with van der Waals surface area (Å²) in [5, 5.41) is 32.9. The van der Waals surface area contributed by atoms with Crippen molar-refractivity contribution in [1.29, 1.82) is 0 Å². The minimum absolute atomic E-state index is 0. The molecule has 0 aromatic heterocycles. The fourth-order valence-electron chi connectivity index (χ4n) is 0.905. The Labute approximate surface area is 171 Å². The van der Waals surface area contributed by atoms with Gasteiger partial charge in [0.05, 0.1) is 11.5 Å². The fourth-order valence-corrected chi connectivity index (χ4v) is 0.905. The van der Waals surface area contributed by atoms with Gasteiger partial charge in [0.2, 0.25) is 0 Å². The van der Waals surface area contributed by atoms with Gasteiger partial charge in [0.1, 0.15) is 0 Å². The van der Waals surface area contributed by atoms with E-state index in [4.69, 9.17) is 20.4 Å². The Bertz CT molecular complexity index is 305. The molecular weight excluding hydrogens is 403 g/mol. The van der Waals surface area contributed by atoms with Crippen LogP contribution in [0.25, 0.3) is 0 Å². The zero-order chi connectivity index (χ0) is 20.0. The first-order valence-electron chi connectivity index (χ1n) is 8.06. The topological polar surface area (TPSA) is 115 Å². The van der Waals surface area contributed by atoms with E-state index >= 15 is 0 Å². The van der Waals surface area contributed by atoms with Gasteiger partial charge >= 0.3 is 0 Å². The molecule has 0 aromatic carbocycles. The summed E-state index contributed by atoms with van der Waals surface area (Å²) < 4.78 is 0. The monoisotopic (exact) mass is 438 g/mol. The number of unbranched alkanes of at least 4 members (excludes halogenated alkanes) is 2. The minimum atomic E-state index is -0.125. The number of carbonyl (C=O) groups is 2. The Hall–Kier alpha value is -0.777. The molecule has 0 aliphatic heterocycles. The van der Waals surface area contributed by atoms with Crippen molar-refractivity contribution in [2.75, 3.05) is 13.2 Å². The van der Waals surface area contributed by atoms with Gasteiger partial charge in [-0.3, -0.25) is 9.59 Å². The molecule has 25 heavy (non-hydrogen) atoms. The van der Waals surface area contributed by atoms with E-state index in [2.05, 4.69) is 13.8 Å². The maximum atomic E-state index is 10.0. The van der Waals surface area contributed by atoms with Crippen LogP contribution < -0.4 is 0 Å². The third-order valence-electron chi connectivity index (χ3n) is 1.85. The third-order valence-corrected chi connectivity index (χ3v) is 1.85. The smallest absolute Gasteiger partial charge is 0.155 e. The molecule has 148 valence electrons. The standard InChI is InChI=1S/2C5H8O2.2C4H10O.Zr/c2*1-4(6)3-5(2)7;2*1-2-3-4-5;/h2*3,6H,1-2H3;2*5H,2-4H2,1H3;/b2*4-3-;;;. The second-order valence-corrected chi connectivity index (χ2v) is 4.95. The van der Waals surface area contributed by atoms with E-state index in [-0.39, 0.29) is 49.3 Å². The van der Waals surface area contributed by atoms with Crippen LogP contribution in [0, 0.1) is 0 Å². The molecule has 7 heteroatoms. The number of rotatable bonds is 6. The summed E-state index contributed by atoms with van der Waals surface area (Å²) in [7, 11) is 0. The Kier molecular flexibility index (Phi) is 43.9. The summed E-state index contributed by atoms with van der Waals surface area (Å²) in [6.07, 6.45) is 6.41. The fraction of sp³-hybridized carbons (Fsp3) is 0.667. The molecule has 0 spiro atoms. The number of ketones is 2. The summed E-state index contributed by atoms with van der Waals surface area (Å²) in [5.41, 5.74) is 0. The molecule has 6 nitrogen and oxygen atoms in total. The van der Waals surface area contributed by atoms with Crippen LogP contribution in [0.2, 0.25) is 0 Å². The van der Waals surface area contributed by atoms with Gasteiger partial charge < -0.3 is 20.4 Å². The average molecular weight is 440 g/mol. The molecule has 0 heterocycles. The van der Waals surface area contributed by atoms with Crippen LogP contribution in [0.5, 0.6) is 0 Å². The molecule has 0 saturated heterocycles. The molecule has 0 bridgehead atoms. The van der Waals surface area contributed by atoms with Crippen molar-refractivity contribution in [3.05, 3.63) is 23.7 Å². The van der Waals surface area contributed by atoms with Gasteiger partial charge in [-0.25, -0.2) is 0 Å². The first kappa shape index (κ1) is 35.4. The largest absolute Gasteiger partial charge is 0.512 e. The first-order chi connectivity index (χ1) is 11.1. The van der Waals surface area contributed by atoms with Crippen LogP contribution in [-0.4, -0.2) is 45.2 Å². The molecule has 0 aliphatic rings. The second kappa shape index (κ2) is 31.0. The second-order valence-electron chi connectivity index (χ2n) is 4.95. The summed E-state index contributed by atoms with van der Waals surface area (Å²) in [6, 6.07) is 0. The van der Waals surface area contributed by atoms with Gasteiger partial charge in [-0.1, -0.05) is 26.7 Å². The predicted octanol–water partition coefficient (Wildman–Crippen LogP) is 3.63. The number of aliphatic hydroxyl groups is 4. The van der Waals surface area contributed by atoms with E-state index in [0.29, 0.717) is 13.2 Å². The minimum Gasteiger partial charge on any atom is -0.512 e. The molecule has 0 aromatic rings. The summed E-state index contributed by atoms with van der Waals surface area (Å²) in [4.78, 5) is 20.0. The normalized spacial score (nSPS) is 9.76. The van der Waals surface area contributed by atoms with Gasteiger partial charge in [-0.05, 0) is 40.5 Å². The average Bonchev–Trinajstić information content (AvgIpc) is 2.39. The van der Waals surface area contributed by atoms with E-state index in [1.165, 1.54) is 39.8 Å². The van der Waals surface area contributed by atoms with E-state index < -0.39 is 0 Å². The molecule has 0 rings (SSSR count). The number of hydrogen-bond donors (Lipinski definition) is 4. The van der Waals surface area contributed by atoms with Gasteiger partial charge in [0.25, 0.3) is 0 Å². The van der Waals surface area contributed by atoms with Crippen molar-refractivity contribution < 1.29 is 56.2 Å². The van der Waals surface area contributed by atoms with Crippen LogP contribution in [0.4, 0.5) is 0 Å². The molecule has 0 fully saturated rings. The molecule has 0 radical (unpaired) electrons. The van der Waals surface area contributed by atoms with Crippen molar-refractivity contribution in [3.63, 3.8) is 0 Å². The van der Waals surface area contributed by atoms with Crippen molar-refractivity contribution in [1.82, 2.24) is 0 Å². The maximum absolute atomic E-state index is 10.0. The maximum Gasteiger partial charge on any atom is 0.155 e. The zero-order valence-corrected chi connectivity index (χ0v) is 19.0. The van der Waals surface area contributed by atoms with E-state index in [9.17, 15) is 9.59 Å². The van der Waals surface area contributed by atoms with Crippen molar-refractivity contribution >= 4 is 11.6 Å². The summed E-state index contributed by atoms with van der Waals surface area (Å²) in [6.45, 7) is 10.5. The molecule has 0 aliphatic carbocycles. The molecule has 0 unspecified atom stereocenters. The molecule has 0 atom stereocenters. The molecule has 4 N–H and O–H groups in total. The van der Waals surface area contributed by atoms with Crippen LogP contribution in [0.3, 0.4) is 0 Å². The van der Waals surface area contributed by atoms with Crippen molar-refractivity contribution in [3.8, 4) is 0 Å². The number of aliphatic hydroxyl groups excluding tert-OH is 4. The van der Waals surface area contributed by atoms with Gasteiger partial charge in [0, 0.05) is 51.6 Å². The van der Waals surface area contributed by atoms with Crippen molar-refractivity contribution in [2.24, 2.45) is 0 Å². The van der Waals surface area contributed by atoms with E-state index in [1.807, 2.05) is 0 Å². The SMILES string of the molecule is CC(=O)/C=C(/C)O.CC(=O)/C=C(/C)O.CCCCO.CCCCO.[Zr]. The van der Waals surface area contributed by atoms with Crippen LogP contribution in [0.1, 0.15) is 67.2 Å². The summed E-state index contributed by atoms with van der Waals surface area (Å²) >= 11 is 0. The van der Waals surface area contributed by atoms with Gasteiger partial charge in [-0.2, -0.15) is 0 Å². The van der Waals surface area contributed by atoms with Crippen molar-refractivity contribution in [2.45, 2.75) is 67.2 Å². The number of carbonyl (C=O) groups excluding carboxylic acids is 2. The van der Waals surface area contributed by atoms with Crippen LogP contribution in [-0.2, 0) is 35.8 Å². The molecule has 0 saturated carbocycles. The van der Waals surface area contributed by atoms with Gasteiger partial charge in [0.15, 0.2) is 11.6 Å².